The van der Waals surface area contributed by atoms with Gasteiger partial charge in [0.2, 0.25) is 0 Å². The topological polar surface area (TPSA) is 39.4 Å². The minimum Gasteiger partial charge on any atom is -1.00 e. The van der Waals surface area contributed by atoms with Crippen LogP contribution in [-0.2, 0) is 0 Å². The van der Waals surface area contributed by atoms with E-state index in [1.54, 1.807) is 0 Å². The molecule has 2 radical (unpaired) electrons. The first-order valence-corrected chi connectivity index (χ1v) is 0.183. The van der Waals surface area contributed by atoms with Crippen LogP contribution in [0.1, 0.15) is 0 Å². The molecule has 0 aliphatic carbocycles. The van der Waals surface area contributed by atoms with Crippen LogP contribution < -0.4 is 69.1 Å². The maximum absolute atomic E-state index is 7.25. The summed E-state index contributed by atoms with van der Waals surface area (Å²) in [7, 11) is 0. The minimum absolute atomic E-state index is 0. The molecule has 0 saturated carbocycles. The largest absolute Gasteiger partial charge is 1.00 e. The summed E-state index contributed by atoms with van der Waals surface area (Å²) in [6.07, 6.45) is 0. The van der Waals surface area contributed by atoms with Crippen LogP contribution in [0.5, 0.6) is 0 Å². The van der Waals surface area contributed by atoms with E-state index in [0.717, 1.165) is 0 Å². The van der Waals surface area contributed by atoms with Crippen LogP contribution in [0.4, 0.5) is 0 Å². The summed E-state index contributed by atoms with van der Waals surface area (Å²) in [5.74, 6) is 0. The molecule has 0 spiro atoms. The van der Waals surface area contributed by atoms with E-state index in [-0.39, 0.29) is 63.5 Å². The molecule has 0 fully saturated rings. The zero-order chi connectivity index (χ0) is 2.00. The second-order valence-corrected chi connectivity index (χ2v) is 0. The maximum Gasteiger partial charge on any atom is 1.00 e. The van der Waals surface area contributed by atoms with Gasteiger partial charge in [0.1, 0.15) is 0 Å². The van der Waals surface area contributed by atoms with Crippen molar-refractivity contribution in [3.05, 3.63) is 4.91 Å². The third kappa shape index (κ3) is 29.0. The van der Waals surface area contributed by atoms with Gasteiger partial charge >= 0.3 is 35.2 Å². The van der Waals surface area contributed by atoms with Crippen LogP contribution in [0.3, 0.4) is 0 Å². The van der Waals surface area contributed by atoms with Gasteiger partial charge in [-0.25, -0.2) is 0 Å². The van der Waals surface area contributed by atoms with Crippen LogP contribution in [0.2, 0.25) is 0 Å². The van der Waals surface area contributed by atoms with Crippen molar-refractivity contribution >= 4 is 0 Å². The molecule has 0 rings (SSSR count). The van der Waals surface area contributed by atoms with E-state index < -0.39 is 0 Å². The zero-order valence-electron chi connectivity index (χ0n) is 2.61. The molecule has 0 aromatic heterocycles. The SMILES string of the molecule is [Br-].[Br-].[N+]=O.[Na+]. The number of nitroso groups, excluding NO2 is 1. The van der Waals surface area contributed by atoms with Crippen LogP contribution >= 0.6 is 0 Å². The third-order valence-corrected chi connectivity index (χ3v) is 0. The van der Waals surface area contributed by atoms with E-state index in [4.69, 9.17) is 10.5 Å². The normalized spacial score (nSPS) is 0.800. The average molecular weight is 213 g/mol. The number of nitrogens with zero attached hydrogens (tertiary/aromatic N) is 1. The Morgan fingerprint density at radius 3 is 1.00 bits per heavy atom. The Kier molecular flexibility index (Phi) is 294. The van der Waals surface area contributed by atoms with Crippen molar-refractivity contribution in [1.82, 2.24) is 5.59 Å². The first kappa shape index (κ1) is 30.9. The van der Waals surface area contributed by atoms with Crippen molar-refractivity contribution in [3.8, 4) is 0 Å². The van der Waals surface area contributed by atoms with Gasteiger partial charge in [-0.15, -0.1) is 0 Å². The number of hydrogen-bond acceptors (Lipinski definition) is 1. The van der Waals surface area contributed by atoms with E-state index in [0.29, 0.717) is 0 Å². The number of rotatable bonds is 0. The Bertz CT molecular complexity index is 9.61. The average Bonchev–Trinajstić information content (AvgIpc) is 1.00. The van der Waals surface area contributed by atoms with Gasteiger partial charge in [-0.05, 0) is 0 Å². The molecule has 2 nitrogen and oxygen atoms in total. The van der Waals surface area contributed by atoms with Crippen LogP contribution in [0, 0.1) is 4.91 Å². The second kappa shape index (κ2) is 47.5. The summed E-state index contributed by atoms with van der Waals surface area (Å²) in [5.41, 5.74) is 5.75. The predicted molar refractivity (Wildman–Crippen MR) is 5.50 cm³/mol. The molecule has 0 aliphatic heterocycles. The van der Waals surface area contributed by atoms with Crippen molar-refractivity contribution in [1.29, 1.82) is 0 Å². The molecule has 5 heteroatoms. The molecular formula is Br2NNaO. The van der Waals surface area contributed by atoms with Gasteiger partial charge in [0.05, 0.1) is 0 Å². The van der Waals surface area contributed by atoms with Crippen LogP contribution in [0.15, 0.2) is 0 Å². The fourth-order valence-electron chi connectivity index (χ4n) is 0. The van der Waals surface area contributed by atoms with Crippen LogP contribution in [-0.4, -0.2) is 0 Å². The zero-order valence-corrected chi connectivity index (χ0v) is 7.78. The Hall–Kier alpha value is 1.56. The molecule has 0 bridgehead atoms. The predicted octanol–water partition coefficient (Wildman–Crippen LogP) is -9.44. The third-order valence-electron chi connectivity index (χ3n) is 0. The molecule has 26 valence electrons. The Morgan fingerprint density at radius 1 is 1.00 bits per heavy atom. The number of hydrogen-bond donors (Lipinski definition) is 0. The standard InChI is InChI=1S/2BrH.NO.Na/c;;1-2;/h2*1H;;/q;;2*+1/p-2. The van der Waals surface area contributed by atoms with Crippen molar-refractivity contribution < 1.29 is 63.5 Å². The monoisotopic (exact) mass is 211 g/mol. The molecular weight excluding hydrogens is 213 g/mol. The van der Waals surface area contributed by atoms with Crippen molar-refractivity contribution in [2.45, 2.75) is 0 Å². The molecule has 0 unspecified atom stereocenters. The van der Waals surface area contributed by atoms with Gasteiger partial charge < -0.3 is 34.0 Å². The Labute approximate surface area is 73.3 Å². The molecule has 0 aliphatic rings. The van der Waals surface area contributed by atoms with Gasteiger partial charge in [0, 0.05) is 0 Å². The summed E-state index contributed by atoms with van der Waals surface area (Å²) in [6, 6.07) is 0. The molecule has 0 aromatic rings. The van der Waals surface area contributed by atoms with E-state index in [1.165, 1.54) is 0 Å². The van der Waals surface area contributed by atoms with Crippen molar-refractivity contribution in [2.24, 2.45) is 0 Å². The van der Waals surface area contributed by atoms with Gasteiger partial charge in [0.15, 0.2) is 4.91 Å². The first-order valence-electron chi connectivity index (χ1n) is 0.183. The molecule has 5 heavy (non-hydrogen) atoms. The molecule has 0 heterocycles. The van der Waals surface area contributed by atoms with Crippen LogP contribution in [0.25, 0.3) is 0 Å². The van der Waals surface area contributed by atoms with E-state index in [1.807, 2.05) is 0 Å². The van der Waals surface area contributed by atoms with E-state index in [2.05, 4.69) is 0 Å². The quantitative estimate of drug-likeness (QED) is 0.368. The molecule has 0 N–H and O–H groups in total. The summed E-state index contributed by atoms with van der Waals surface area (Å²) >= 11 is 0. The summed E-state index contributed by atoms with van der Waals surface area (Å²) < 4.78 is 0. The first-order chi connectivity index (χ1) is 1.00. The summed E-state index contributed by atoms with van der Waals surface area (Å²) in [5, 5.41) is 0. The Balaban J connectivity index is -0.00000000167. The molecule has 0 atom stereocenters. The van der Waals surface area contributed by atoms with Gasteiger partial charge in [-0.3, -0.25) is 0 Å². The minimum atomic E-state index is 0. The van der Waals surface area contributed by atoms with Crippen molar-refractivity contribution in [2.75, 3.05) is 0 Å². The fraction of sp³-hybridized carbons (Fsp3) is 0. The van der Waals surface area contributed by atoms with E-state index >= 15 is 0 Å². The molecule has 0 amide bonds. The Morgan fingerprint density at radius 2 is 1.00 bits per heavy atom. The number of halogens is 2. The van der Waals surface area contributed by atoms with E-state index in [9.17, 15) is 0 Å². The second-order valence-electron chi connectivity index (χ2n) is 0. The summed E-state index contributed by atoms with van der Waals surface area (Å²) in [4.78, 5) is 7.25. The molecule has 0 saturated heterocycles. The van der Waals surface area contributed by atoms with Gasteiger partial charge in [-0.2, -0.15) is 0 Å². The maximum atomic E-state index is 7.25. The van der Waals surface area contributed by atoms with Gasteiger partial charge in [-0.1, -0.05) is 0 Å². The smallest absolute Gasteiger partial charge is 1.00 e. The summed E-state index contributed by atoms with van der Waals surface area (Å²) in [6.45, 7) is 0. The molecule has 0 aromatic carbocycles. The van der Waals surface area contributed by atoms with Crippen molar-refractivity contribution in [3.63, 3.8) is 0 Å². The fourth-order valence-corrected chi connectivity index (χ4v) is 0. The van der Waals surface area contributed by atoms with Gasteiger partial charge in [0.25, 0.3) is 0 Å².